The second kappa shape index (κ2) is 5.82. The predicted octanol–water partition coefficient (Wildman–Crippen LogP) is 1.86. The first kappa shape index (κ1) is 13.7. The fraction of sp³-hybridized carbons (Fsp3) is 1.00. The summed E-state index contributed by atoms with van der Waals surface area (Å²) in [5, 5.41) is 5.68. The Morgan fingerprint density at radius 2 is 2.12 bits per heavy atom. The molecule has 1 aliphatic rings. The summed E-state index contributed by atoms with van der Waals surface area (Å²) < 4.78 is 48.8. The van der Waals surface area contributed by atoms with Gasteiger partial charge in [0.25, 0.3) is 0 Å². The second-order valence-electron chi connectivity index (χ2n) is 4.44. The third kappa shape index (κ3) is 4.25. The molecule has 16 heavy (non-hydrogen) atoms. The van der Waals surface area contributed by atoms with Crippen LogP contribution in [0.3, 0.4) is 0 Å². The molecule has 1 saturated heterocycles. The highest BCUT2D eigenvalue weighted by Crippen LogP contribution is 2.22. The van der Waals surface area contributed by atoms with Gasteiger partial charge in [-0.1, -0.05) is 0 Å². The van der Waals surface area contributed by atoms with Crippen molar-refractivity contribution in [2.24, 2.45) is 5.92 Å². The second-order valence-corrected chi connectivity index (χ2v) is 4.44. The normalized spacial score (nSPS) is 27.4. The van der Waals surface area contributed by atoms with Crippen molar-refractivity contribution in [1.29, 1.82) is 0 Å². The van der Waals surface area contributed by atoms with E-state index in [0.29, 0.717) is 18.5 Å². The first-order chi connectivity index (χ1) is 7.42. The van der Waals surface area contributed by atoms with Crippen LogP contribution in [0.2, 0.25) is 0 Å². The number of piperidine rings is 1. The van der Waals surface area contributed by atoms with Crippen molar-refractivity contribution in [3.63, 3.8) is 0 Å². The minimum absolute atomic E-state index is 0.296. The van der Waals surface area contributed by atoms with Crippen molar-refractivity contribution in [2.75, 3.05) is 19.6 Å². The molecule has 1 aliphatic heterocycles. The molecule has 0 amide bonds. The molecule has 0 aromatic rings. The predicted molar refractivity (Wildman–Crippen MR) is 54.0 cm³/mol. The van der Waals surface area contributed by atoms with E-state index >= 15 is 0 Å². The molecule has 2 N–H and O–H groups in total. The first-order valence-electron chi connectivity index (χ1n) is 5.52. The molecular formula is C10H18F4N2. The lowest BCUT2D eigenvalue weighted by Gasteiger charge is -2.28. The molecule has 0 spiro atoms. The molecule has 1 heterocycles. The van der Waals surface area contributed by atoms with Gasteiger partial charge < -0.3 is 10.6 Å². The first-order valence-corrected chi connectivity index (χ1v) is 5.52. The maximum Gasteiger partial charge on any atom is 0.319 e. The van der Waals surface area contributed by atoms with Gasteiger partial charge in [-0.3, -0.25) is 0 Å². The molecule has 2 atom stereocenters. The fourth-order valence-corrected chi connectivity index (χ4v) is 1.94. The number of rotatable bonds is 5. The Morgan fingerprint density at radius 1 is 1.44 bits per heavy atom. The molecule has 0 aromatic carbocycles. The molecular weight excluding hydrogens is 224 g/mol. The van der Waals surface area contributed by atoms with E-state index in [0.717, 1.165) is 19.4 Å². The third-order valence-corrected chi connectivity index (χ3v) is 2.85. The Bertz CT molecular complexity index is 211. The van der Waals surface area contributed by atoms with Crippen LogP contribution >= 0.6 is 0 Å². The Morgan fingerprint density at radius 3 is 2.69 bits per heavy atom. The zero-order valence-electron chi connectivity index (χ0n) is 9.28. The van der Waals surface area contributed by atoms with Gasteiger partial charge in [0.05, 0.1) is 6.54 Å². The summed E-state index contributed by atoms with van der Waals surface area (Å²) in [7, 11) is 0. The van der Waals surface area contributed by atoms with Crippen molar-refractivity contribution < 1.29 is 17.6 Å². The summed E-state index contributed by atoms with van der Waals surface area (Å²) in [5.74, 6) is -3.62. The maximum absolute atomic E-state index is 12.6. The summed E-state index contributed by atoms with van der Waals surface area (Å²) >= 11 is 0. The topological polar surface area (TPSA) is 24.1 Å². The highest BCUT2D eigenvalue weighted by atomic mass is 19.3. The van der Waals surface area contributed by atoms with Gasteiger partial charge in [-0.15, -0.1) is 0 Å². The number of halogens is 4. The van der Waals surface area contributed by atoms with Crippen LogP contribution in [0.1, 0.15) is 19.8 Å². The number of hydrogen-bond donors (Lipinski definition) is 2. The van der Waals surface area contributed by atoms with Gasteiger partial charge >= 0.3 is 12.3 Å². The lowest BCUT2D eigenvalue weighted by atomic mass is 9.93. The highest BCUT2D eigenvalue weighted by molar-refractivity contribution is 4.78. The molecule has 0 aliphatic carbocycles. The van der Waals surface area contributed by atoms with Crippen LogP contribution in [-0.2, 0) is 0 Å². The van der Waals surface area contributed by atoms with E-state index in [2.05, 4.69) is 10.6 Å². The van der Waals surface area contributed by atoms with Crippen molar-refractivity contribution in [2.45, 2.75) is 38.2 Å². The van der Waals surface area contributed by atoms with Gasteiger partial charge in [-0.2, -0.15) is 8.78 Å². The van der Waals surface area contributed by atoms with Gasteiger partial charge in [-0.25, -0.2) is 8.78 Å². The SMILES string of the molecule is CC1CC(CNCC(F)(F)C(F)F)CCN1. The summed E-state index contributed by atoms with van der Waals surface area (Å²) in [5.41, 5.74) is 0. The standard InChI is InChI=1S/C10H18F4N2/c1-7-4-8(2-3-16-7)5-15-6-10(13,14)9(11)12/h7-9,15-16H,2-6H2,1H3. The van der Waals surface area contributed by atoms with Crippen LogP contribution in [0.15, 0.2) is 0 Å². The van der Waals surface area contributed by atoms with E-state index in [1.54, 1.807) is 0 Å². The largest absolute Gasteiger partial charge is 0.319 e. The zero-order valence-corrected chi connectivity index (χ0v) is 9.28. The average molecular weight is 242 g/mol. The van der Waals surface area contributed by atoms with E-state index in [4.69, 9.17) is 0 Å². The number of nitrogens with one attached hydrogen (secondary N) is 2. The van der Waals surface area contributed by atoms with Gasteiger partial charge in [0.2, 0.25) is 0 Å². The fourth-order valence-electron chi connectivity index (χ4n) is 1.94. The van der Waals surface area contributed by atoms with Crippen LogP contribution in [-0.4, -0.2) is 38.0 Å². The van der Waals surface area contributed by atoms with Crippen LogP contribution in [0, 0.1) is 5.92 Å². The summed E-state index contributed by atoms with van der Waals surface area (Å²) in [6, 6.07) is 0.371. The van der Waals surface area contributed by atoms with E-state index in [1.807, 2.05) is 6.92 Å². The molecule has 2 unspecified atom stereocenters. The Balaban J connectivity index is 2.20. The monoisotopic (exact) mass is 242 g/mol. The maximum atomic E-state index is 12.6. The van der Waals surface area contributed by atoms with E-state index in [-0.39, 0.29) is 0 Å². The molecule has 2 nitrogen and oxygen atoms in total. The molecule has 96 valence electrons. The lowest BCUT2D eigenvalue weighted by molar-refractivity contribution is -0.125. The lowest BCUT2D eigenvalue weighted by Crippen LogP contribution is -2.43. The molecule has 1 fully saturated rings. The van der Waals surface area contributed by atoms with Crippen molar-refractivity contribution in [1.82, 2.24) is 10.6 Å². The third-order valence-electron chi connectivity index (χ3n) is 2.85. The molecule has 1 rings (SSSR count). The molecule has 0 saturated carbocycles. The Kier molecular flexibility index (Phi) is 4.98. The average Bonchev–Trinajstić information content (AvgIpc) is 2.17. The number of hydrogen-bond acceptors (Lipinski definition) is 2. The quantitative estimate of drug-likeness (QED) is 0.719. The zero-order chi connectivity index (χ0) is 12.2. The van der Waals surface area contributed by atoms with Gasteiger partial charge in [0.1, 0.15) is 0 Å². The van der Waals surface area contributed by atoms with Crippen molar-refractivity contribution >= 4 is 0 Å². The van der Waals surface area contributed by atoms with E-state index in [9.17, 15) is 17.6 Å². The van der Waals surface area contributed by atoms with Crippen molar-refractivity contribution in [3.05, 3.63) is 0 Å². The van der Waals surface area contributed by atoms with Crippen LogP contribution in [0.4, 0.5) is 17.6 Å². The molecule has 6 heteroatoms. The molecule has 0 aromatic heterocycles. The van der Waals surface area contributed by atoms with Crippen molar-refractivity contribution in [3.8, 4) is 0 Å². The smallest absolute Gasteiger partial charge is 0.314 e. The van der Waals surface area contributed by atoms with Crippen LogP contribution < -0.4 is 10.6 Å². The van der Waals surface area contributed by atoms with Gasteiger partial charge in [0.15, 0.2) is 0 Å². The molecule has 0 radical (unpaired) electrons. The van der Waals surface area contributed by atoms with E-state index in [1.165, 1.54) is 0 Å². The van der Waals surface area contributed by atoms with Crippen LogP contribution in [0.5, 0.6) is 0 Å². The van der Waals surface area contributed by atoms with E-state index < -0.39 is 18.9 Å². The van der Waals surface area contributed by atoms with Gasteiger partial charge in [0, 0.05) is 6.04 Å². The van der Waals surface area contributed by atoms with Crippen LogP contribution in [0.25, 0.3) is 0 Å². The Hall–Kier alpha value is -0.360. The Labute approximate surface area is 92.8 Å². The summed E-state index contributed by atoms with van der Waals surface area (Å²) in [6.45, 7) is 2.33. The minimum atomic E-state index is -3.92. The molecule has 0 bridgehead atoms. The number of alkyl halides is 4. The van der Waals surface area contributed by atoms with Gasteiger partial charge in [-0.05, 0) is 38.8 Å². The summed E-state index contributed by atoms with van der Waals surface area (Å²) in [4.78, 5) is 0. The minimum Gasteiger partial charge on any atom is -0.314 e. The highest BCUT2D eigenvalue weighted by Gasteiger charge is 2.40. The summed E-state index contributed by atoms with van der Waals surface area (Å²) in [6.07, 6.45) is -1.79.